The summed E-state index contributed by atoms with van der Waals surface area (Å²) in [6, 6.07) is 12.0. The van der Waals surface area contributed by atoms with Crippen LogP contribution in [-0.2, 0) is 36.6 Å². The Kier molecular flexibility index (Phi) is 12.7. The Morgan fingerprint density at radius 3 is 1.75 bits per heavy atom. The van der Waals surface area contributed by atoms with Crippen LogP contribution in [0.5, 0.6) is 23.0 Å². The fourth-order valence-corrected chi connectivity index (χ4v) is 8.32. The van der Waals surface area contributed by atoms with E-state index in [1.165, 1.54) is 5.56 Å². The zero-order valence-corrected chi connectivity index (χ0v) is 31.5. The molecule has 0 saturated carbocycles. The molecule has 6 atom stereocenters. The van der Waals surface area contributed by atoms with Gasteiger partial charge in [-0.2, -0.15) is 0 Å². The van der Waals surface area contributed by atoms with E-state index in [9.17, 15) is 9.59 Å². The second-order valence-electron chi connectivity index (χ2n) is 14.2. The molecule has 0 amide bonds. The van der Waals surface area contributed by atoms with Crippen LogP contribution < -0.4 is 18.9 Å². The van der Waals surface area contributed by atoms with Crippen LogP contribution in [0.1, 0.15) is 57.1 Å². The van der Waals surface area contributed by atoms with E-state index in [-0.39, 0.29) is 47.6 Å². The fraction of sp³-hybridized carbons (Fsp3) is 0.488. The van der Waals surface area contributed by atoms with Crippen molar-refractivity contribution < 1.29 is 42.7 Å². The van der Waals surface area contributed by atoms with Gasteiger partial charge in [-0.15, -0.1) is 13.2 Å². The molecule has 0 radical (unpaired) electrons. The first kappa shape index (κ1) is 38.9. The number of ether oxygens (including phenoxy) is 7. The second-order valence-corrected chi connectivity index (χ2v) is 14.2. The summed E-state index contributed by atoms with van der Waals surface area (Å²) >= 11 is 0. The van der Waals surface area contributed by atoms with Crippen LogP contribution in [0.4, 0.5) is 0 Å². The lowest BCUT2D eigenvalue weighted by Crippen LogP contribution is -2.44. The summed E-state index contributed by atoms with van der Waals surface area (Å²) in [6.07, 6.45) is 12.3. The van der Waals surface area contributed by atoms with Gasteiger partial charge in [0.2, 0.25) is 0 Å². The molecular formula is C43H54O9. The smallest absolute Gasteiger partial charge is 0.189 e. The lowest BCUT2D eigenvalue weighted by atomic mass is 9.68. The first-order valence-electron chi connectivity index (χ1n) is 18.1. The highest BCUT2D eigenvalue weighted by Crippen LogP contribution is 2.48. The molecule has 2 aromatic rings. The highest BCUT2D eigenvalue weighted by Gasteiger charge is 2.52. The summed E-state index contributed by atoms with van der Waals surface area (Å²) in [5, 5.41) is 0. The lowest BCUT2D eigenvalue weighted by molar-refractivity contribution is -0.123. The minimum absolute atomic E-state index is 0.0257. The van der Waals surface area contributed by atoms with E-state index in [4.69, 9.17) is 33.2 Å². The molecule has 0 spiro atoms. The van der Waals surface area contributed by atoms with Crippen LogP contribution in [0.3, 0.4) is 0 Å². The van der Waals surface area contributed by atoms with Gasteiger partial charge >= 0.3 is 0 Å². The maximum atomic E-state index is 12.4. The van der Waals surface area contributed by atoms with Crippen LogP contribution >= 0.6 is 0 Å². The Labute approximate surface area is 308 Å². The van der Waals surface area contributed by atoms with E-state index in [1.807, 2.05) is 42.5 Å². The first-order valence-corrected chi connectivity index (χ1v) is 18.1. The van der Waals surface area contributed by atoms with Crippen molar-refractivity contribution in [1.29, 1.82) is 0 Å². The van der Waals surface area contributed by atoms with Crippen molar-refractivity contribution in [3.8, 4) is 23.0 Å². The van der Waals surface area contributed by atoms with E-state index in [1.54, 1.807) is 40.6 Å². The fourth-order valence-electron chi connectivity index (χ4n) is 8.32. The molecule has 2 saturated heterocycles. The Morgan fingerprint density at radius 2 is 1.23 bits per heavy atom. The van der Waals surface area contributed by atoms with Gasteiger partial charge in [-0.05, 0) is 104 Å². The summed E-state index contributed by atoms with van der Waals surface area (Å²) in [6.45, 7) is 12.8. The largest absolute Gasteiger partial charge is 0.493 e. The van der Waals surface area contributed by atoms with E-state index < -0.39 is 5.60 Å². The summed E-state index contributed by atoms with van der Waals surface area (Å²) < 4.78 is 39.5. The van der Waals surface area contributed by atoms with Gasteiger partial charge in [0.1, 0.15) is 11.4 Å². The molecule has 2 aromatic carbocycles. The number of carbonyl (C=O) groups is 2. The van der Waals surface area contributed by atoms with E-state index in [0.717, 1.165) is 48.3 Å². The van der Waals surface area contributed by atoms with Crippen LogP contribution in [0.25, 0.3) is 0 Å². The standard InChI is InChI=1S/C22H28O4.C21H26O5/c1-5-6-17-14-22(18(9-10-26-22)13-19(17)23)15(2)11-16-7-8-20(24-3)21(12-16)25-4;1-5-6-16-12-21(20(11-17(16)22)25-13-26-21)14(2)9-15-7-8-18(23-3)19(10-15)24-4/h5,7-8,12-13,15,17H,1,6,9-11,14H2,2-4H3;5,7-8,10-11,14,16H,1,6,9,12-13H2,2-4H3/t15?,17-,22+;14?,16-,21+/m10/s1. The molecule has 2 aliphatic heterocycles. The predicted octanol–water partition coefficient (Wildman–Crippen LogP) is 7.81. The van der Waals surface area contributed by atoms with Crippen molar-refractivity contribution in [3.05, 3.63) is 96.3 Å². The Hall–Kier alpha value is -4.34. The predicted molar refractivity (Wildman–Crippen MR) is 200 cm³/mol. The SMILES string of the molecule is C=CC[C@@H]1C[C@@]2(C(C)Cc3ccc(OC)c(OC)c3)OCCC2=CC1=O.C=CC[C@H]1C[C@]2(C(C)Cc3ccc(OC)c(OC)c3)OCOC2=CC1=O. The average molecular weight is 715 g/mol. The minimum atomic E-state index is -0.561. The highest BCUT2D eigenvalue weighted by atomic mass is 16.7. The third kappa shape index (κ3) is 7.86. The molecule has 4 aliphatic rings. The average Bonchev–Trinajstić information content (AvgIpc) is 3.77. The molecule has 9 heteroatoms. The van der Waals surface area contributed by atoms with Gasteiger partial charge in [0.25, 0.3) is 0 Å². The number of hydrogen-bond donors (Lipinski definition) is 0. The van der Waals surface area contributed by atoms with Crippen LogP contribution in [0.2, 0.25) is 0 Å². The van der Waals surface area contributed by atoms with Gasteiger partial charge in [0, 0.05) is 17.9 Å². The van der Waals surface area contributed by atoms with Crippen LogP contribution in [0, 0.1) is 23.7 Å². The zero-order valence-electron chi connectivity index (χ0n) is 31.5. The van der Waals surface area contributed by atoms with Crippen LogP contribution in [0.15, 0.2) is 85.2 Å². The van der Waals surface area contributed by atoms with E-state index in [2.05, 4.69) is 33.1 Å². The monoisotopic (exact) mass is 714 g/mol. The molecule has 6 rings (SSSR count). The van der Waals surface area contributed by atoms with Gasteiger partial charge in [0.05, 0.1) is 40.6 Å². The molecular weight excluding hydrogens is 660 g/mol. The molecule has 0 N–H and O–H groups in total. The number of methoxy groups -OCH3 is 4. The topological polar surface area (TPSA) is 98.8 Å². The lowest BCUT2D eigenvalue weighted by Gasteiger charge is -2.41. The maximum absolute atomic E-state index is 12.4. The number of carbonyl (C=O) groups excluding carboxylic acids is 2. The number of ketones is 2. The van der Waals surface area contributed by atoms with Gasteiger partial charge < -0.3 is 33.2 Å². The molecule has 2 heterocycles. The van der Waals surface area contributed by atoms with Crippen LogP contribution in [-0.4, -0.2) is 64.6 Å². The molecule has 2 fully saturated rings. The highest BCUT2D eigenvalue weighted by molar-refractivity contribution is 5.94. The maximum Gasteiger partial charge on any atom is 0.189 e. The number of rotatable bonds is 14. The van der Waals surface area contributed by atoms with Gasteiger partial charge in [0.15, 0.2) is 41.4 Å². The van der Waals surface area contributed by atoms with Crippen molar-refractivity contribution in [2.45, 2.75) is 70.0 Å². The summed E-state index contributed by atoms with van der Waals surface area (Å²) in [5.74, 6) is 4.12. The van der Waals surface area contributed by atoms with Crippen molar-refractivity contribution in [2.24, 2.45) is 23.7 Å². The Balaban J connectivity index is 0.000000201. The number of fused-ring (bicyclic) bond motifs is 2. The summed E-state index contributed by atoms with van der Waals surface area (Å²) in [4.78, 5) is 24.7. The summed E-state index contributed by atoms with van der Waals surface area (Å²) in [7, 11) is 6.54. The molecule has 0 aromatic heterocycles. The van der Waals surface area contributed by atoms with Gasteiger partial charge in [-0.3, -0.25) is 9.59 Å². The van der Waals surface area contributed by atoms with E-state index >= 15 is 0 Å². The van der Waals surface area contributed by atoms with Gasteiger partial charge in [-0.1, -0.05) is 38.1 Å². The van der Waals surface area contributed by atoms with Crippen molar-refractivity contribution in [1.82, 2.24) is 0 Å². The number of allylic oxidation sites excluding steroid dienone is 4. The van der Waals surface area contributed by atoms with Crippen molar-refractivity contribution >= 4 is 11.6 Å². The third-order valence-corrected chi connectivity index (χ3v) is 11.2. The van der Waals surface area contributed by atoms with Gasteiger partial charge in [-0.25, -0.2) is 0 Å². The first-order chi connectivity index (χ1) is 25.1. The third-order valence-electron chi connectivity index (χ3n) is 11.2. The molecule has 52 heavy (non-hydrogen) atoms. The van der Waals surface area contributed by atoms with Crippen molar-refractivity contribution in [2.75, 3.05) is 41.8 Å². The normalized spacial score (nSPS) is 25.9. The molecule has 2 unspecified atom stereocenters. The molecule has 2 aliphatic carbocycles. The molecule has 9 nitrogen and oxygen atoms in total. The Morgan fingerprint density at radius 1 is 0.731 bits per heavy atom. The Bertz CT molecular complexity index is 1570. The molecule has 0 bridgehead atoms. The molecule has 280 valence electrons. The zero-order chi connectivity index (χ0) is 37.5. The quantitative estimate of drug-likeness (QED) is 0.182. The van der Waals surface area contributed by atoms with Crippen molar-refractivity contribution in [3.63, 3.8) is 0 Å². The minimum Gasteiger partial charge on any atom is -0.493 e. The van der Waals surface area contributed by atoms with E-state index in [0.29, 0.717) is 43.1 Å². The summed E-state index contributed by atoms with van der Waals surface area (Å²) in [5.41, 5.74) is 2.56. The second kappa shape index (κ2) is 17.0. The number of benzene rings is 2. The number of hydrogen-bond acceptors (Lipinski definition) is 9.